The predicted molar refractivity (Wildman–Crippen MR) is 121 cm³/mol. The van der Waals surface area contributed by atoms with Gasteiger partial charge in [0.15, 0.2) is 0 Å². The van der Waals surface area contributed by atoms with Gasteiger partial charge in [0, 0.05) is 57.0 Å². The molecule has 3 aromatic rings. The van der Waals surface area contributed by atoms with Crippen LogP contribution in [0, 0.1) is 5.41 Å². The number of benzene rings is 1. The summed E-state index contributed by atoms with van der Waals surface area (Å²) >= 11 is 0. The van der Waals surface area contributed by atoms with E-state index in [1.54, 1.807) is 23.3 Å². The number of nitrogens with one attached hydrogen (secondary N) is 4. The Kier molecular flexibility index (Phi) is 6.70. The number of hydrogen-bond donors (Lipinski definition) is 5. The zero-order valence-corrected chi connectivity index (χ0v) is 17.3. The summed E-state index contributed by atoms with van der Waals surface area (Å²) in [5.74, 6) is 0.994. The number of aliphatic hydroxyl groups excluding tert-OH is 1. The third-order valence-corrected chi connectivity index (χ3v) is 5.04. The van der Waals surface area contributed by atoms with E-state index >= 15 is 0 Å². The molecule has 0 aliphatic carbocycles. The molecule has 1 aliphatic rings. The van der Waals surface area contributed by atoms with Crippen molar-refractivity contribution in [1.82, 2.24) is 25.1 Å². The number of hydrogen-bond acceptors (Lipinski definition) is 9. The Morgan fingerprint density at radius 1 is 1.23 bits per heavy atom. The van der Waals surface area contributed by atoms with Crippen molar-refractivity contribution < 1.29 is 5.11 Å². The topological polar surface area (TPSA) is 127 Å². The van der Waals surface area contributed by atoms with Crippen molar-refractivity contribution in [2.45, 2.75) is 13.1 Å². The lowest BCUT2D eigenvalue weighted by Crippen LogP contribution is -2.43. The molecular formula is C21H27N9O. The summed E-state index contributed by atoms with van der Waals surface area (Å²) in [7, 11) is 0. The van der Waals surface area contributed by atoms with Crippen LogP contribution in [-0.4, -0.2) is 63.9 Å². The maximum absolute atomic E-state index is 9.02. The lowest BCUT2D eigenvalue weighted by Gasteiger charge is -2.29. The highest BCUT2D eigenvalue weighted by molar-refractivity contribution is 5.84. The van der Waals surface area contributed by atoms with Gasteiger partial charge in [0.25, 0.3) is 0 Å². The molecule has 10 nitrogen and oxygen atoms in total. The Morgan fingerprint density at radius 2 is 2.10 bits per heavy atom. The fraction of sp³-hybridized carbons (Fsp3) is 0.333. The second-order valence-electron chi connectivity index (χ2n) is 7.24. The molecule has 1 fully saturated rings. The number of aliphatic hydroxyl groups is 1. The molecule has 1 aliphatic heterocycles. The lowest BCUT2D eigenvalue weighted by atomic mass is 10.1. The molecule has 2 aromatic heterocycles. The van der Waals surface area contributed by atoms with Gasteiger partial charge >= 0.3 is 0 Å². The number of nitrogens with zero attached hydrogens (tertiary/aromatic N) is 5. The Hall–Kier alpha value is -3.50. The first-order valence-electron chi connectivity index (χ1n) is 10.3. The van der Waals surface area contributed by atoms with Crippen molar-refractivity contribution in [3.8, 4) is 0 Å². The predicted octanol–water partition coefficient (Wildman–Crippen LogP) is 1.43. The fourth-order valence-corrected chi connectivity index (χ4v) is 3.45. The summed E-state index contributed by atoms with van der Waals surface area (Å²) in [6.07, 6.45) is 6.28. The van der Waals surface area contributed by atoms with E-state index < -0.39 is 0 Å². The molecule has 31 heavy (non-hydrogen) atoms. The van der Waals surface area contributed by atoms with Gasteiger partial charge in [0.2, 0.25) is 5.95 Å². The monoisotopic (exact) mass is 421 g/mol. The van der Waals surface area contributed by atoms with Crippen LogP contribution in [0.2, 0.25) is 0 Å². The highest BCUT2D eigenvalue weighted by Crippen LogP contribution is 2.20. The van der Waals surface area contributed by atoms with Crippen LogP contribution in [0.25, 0.3) is 0 Å². The van der Waals surface area contributed by atoms with Gasteiger partial charge in [0.1, 0.15) is 5.82 Å². The summed E-state index contributed by atoms with van der Waals surface area (Å²) in [4.78, 5) is 11.2. The van der Waals surface area contributed by atoms with Crippen molar-refractivity contribution >= 4 is 29.4 Å². The van der Waals surface area contributed by atoms with Gasteiger partial charge in [0.05, 0.1) is 30.6 Å². The standard InChI is InChI=1S/C21H27N9O/c22-11-17-13-25-21(27-18-14-26-30(15-18)8-9-31)28-20(17)24-12-16-2-1-3-19(10-16)29-6-4-23-5-7-29/h1-3,10-11,13-15,22-23,31H,4-9,12H2,(H2,24,25,27,28). The van der Waals surface area contributed by atoms with E-state index in [0.717, 1.165) is 37.4 Å². The van der Waals surface area contributed by atoms with E-state index in [1.165, 1.54) is 11.9 Å². The van der Waals surface area contributed by atoms with Crippen LogP contribution in [0.4, 0.5) is 23.1 Å². The first-order valence-corrected chi connectivity index (χ1v) is 10.3. The first-order chi connectivity index (χ1) is 15.2. The minimum absolute atomic E-state index is 0.0234. The van der Waals surface area contributed by atoms with Crippen LogP contribution >= 0.6 is 0 Å². The van der Waals surface area contributed by atoms with E-state index in [0.29, 0.717) is 30.4 Å². The number of rotatable bonds is 9. The van der Waals surface area contributed by atoms with Crippen molar-refractivity contribution in [1.29, 1.82) is 5.41 Å². The molecule has 4 rings (SSSR count). The maximum atomic E-state index is 9.02. The minimum atomic E-state index is 0.0234. The number of aromatic nitrogens is 4. The van der Waals surface area contributed by atoms with Crippen molar-refractivity contribution in [3.63, 3.8) is 0 Å². The quantitative estimate of drug-likeness (QED) is 0.328. The molecule has 0 spiro atoms. The molecule has 1 saturated heterocycles. The number of anilines is 4. The molecule has 5 N–H and O–H groups in total. The Bertz CT molecular complexity index is 1010. The SMILES string of the molecule is N=Cc1cnc(Nc2cnn(CCO)c2)nc1NCc1cccc(N2CCNCC2)c1. The van der Waals surface area contributed by atoms with Crippen molar-refractivity contribution in [2.75, 3.05) is 48.3 Å². The molecule has 0 radical (unpaired) electrons. The van der Waals surface area contributed by atoms with E-state index in [9.17, 15) is 0 Å². The second kappa shape index (κ2) is 10.0. The number of piperazine rings is 1. The minimum Gasteiger partial charge on any atom is -0.394 e. The summed E-state index contributed by atoms with van der Waals surface area (Å²) in [6, 6.07) is 8.49. The highest BCUT2D eigenvalue weighted by Gasteiger charge is 2.11. The average Bonchev–Trinajstić information content (AvgIpc) is 3.25. The van der Waals surface area contributed by atoms with Crippen LogP contribution in [0.15, 0.2) is 42.9 Å². The van der Waals surface area contributed by atoms with E-state index in [2.05, 4.69) is 60.2 Å². The molecule has 0 unspecified atom stereocenters. The molecule has 3 heterocycles. The zero-order valence-electron chi connectivity index (χ0n) is 17.3. The smallest absolute Gasteiger partial charge is 0.229 e. The van der Waals surface area contributed by atoms with Crippen LogP contribution in [-0.2, 0) is 13.1 Å². The average molecular weight is 422 g/mol. The van der Waals surface area contributed by atoms with Gasteiger partial charge in [-0.15, -0.1) is 0 Å². The van der Waals surface area contributed by atoms with Gasteiger partial charge in [-0.05, 0) is 17.7 Å². The normalized spacial score (nSPS) is 13.8. The summed E-state index contributed by atoms with van der Waals surface area (Å²) in [5, 5.41) is 30.7. The van der Waals surface area contributed by atoms with E-state index in [1.807, 2.05) is 0 Å². The van der Waals surface area contributed by atoms with Crippen molar-refractivity contribution in [3.05, 3.63) is 54.0 Å². The molecular weight excluding hydrogens is 394 g/mol. The molecule has 0 saturated carbocycles. The molecule has 1 aromatic carbocycles. The Labute approximate surface area is 180 Å². The van der Waals surface area contributed by atoms with Crippen LogP contribution in [0.5, 0.6) is 0 Å². The van der Waals surface area contributed by atoms with Crippen molar-refractivity contribution in [2.24, 2.45) is 0 Å². The van der Waals surface area contributed by atoms with Gasteiger partial charge in [-0.1, -0.05) is 12.1 Å². The molecule has 0 amide bonds. The fourth-order valence-electron chi connectivity index (χ4n) is 3.45. The summed E-state index contributed by atoms with van der Waals surface area (Å²) in [6.45, 7) is 5.05. The van der Waals surface area contributed by atoms with E-state index in [4.69, 9.17) is 10.5 Å². The maximum Gasteiger partial charge on any atom is 0.229 e. The van der Waals surface area contributed by atoms with E-state index in [-0.39, 0.29) is 6.61 Å². The second-order valence-corrected chi connectivity index (χ2v) is 7.24. The third-order valence-electron chi connectivity index (χ3n) is 5.04. The Balaban J connectivity index is 1.44. The van der Waals surface area contributed by atoms with Crippen LogP contribution in [0.3, 0.4) is 0 Å². The largest absolute Gasteiger partial charge is 0.394 e. The van der Waals surface area contributed by atoms with Crippen LogP contribution in [0.1, 0.15) is 11.1 Å². The van der Waals surface area contributed by atoms with Crippen LogP contribution < -0.4 is 20.9 Å². The Morgan fingerprint density at radius 3 is 2.90 bits per heavy atom. The zero-order chi connectivity index (χ0) is 21.5. The first kappa shape index (κ1) is 20.8. The molecule has 10 heteroatoms. The molecule has 0 bridgehead atoms. The molecule has 162 valence electrons. The third kappa shape index (κ3) is 5.36. The lowest BCUT2D eigenvalue weighted by molar-refractivity contribution is 0.269. The van der Waals surface area contributed by atoms with Gasteiger partial charge in [-0.3, -0.25) is 4.68 Å². The van der Waals surface area contributed by atoms with Gasteiger partial charge in [-0.2, -0.15) is 10.1 Å². The summed E-state index contributed by atoms with van der Waals surface area (Å²) < 4.78 is 1.64. The van der Waals surface area contributed by atoms with Gasteiger partial charge < -0.3 is 31.4 Å². The summed E-state index contributed by atoms with van der Waals surface area (Å²) in [5.41, 5.74) is 3.70. The molecule has 0 atom stereocenters. The van der Waals surface area contributed by atoms with Gasteiger partial charge in [-0.25, -0.2) is 4.98 Å². The highest BCUT2D eigenvalue weighted by atomic mass is 16.3.